The fourth-order valence-electron chi connectivity index (χ4n) is 1.51. The molecule has 0 fully saturated rings. The van der Waals surface area contributed by atoms with E-state index in [4.69, 9.17) is 5.11 Å². The molecule has 1 amide bonds. The van der Waals surface area contributed by atoms with Crippen molar-refractivity contribution in [3.8, 4) is 0 Å². The van der Waals surface area contributed by atoms with E-state index in [0.29, 0.717) is 5.69 Å². The molecule has 5 nitrogen and oxygen atoms in total. The van der Waals surface area contributed by atoms with Crippen LogP contribution in [-0.2, 0) is 9.59 Å². The van der Waals surface area contributed by atoms with Crippen LogP contribution in [0.25, 0.3) is 0 Å². The number of benzene rings is 1. The summed E-state index contributed by atoms with van der Waals surface area (Å²) >= 11 is 2.19. The van der Waals surface area contributed by atoms with Crippen LogP contribution in [0.1, 0.15) is 13.8 Å². The van der Waals surface area contributed by atoms with Gasteiger partial charge in [-0.1, -0.05) is 0 Å². The number of halogens is 1. The SMILES string of the molecule is CC(C)N(CC(=O)O)CC(=O)Nc1ccc(I)cc1. The van der Waals surface area contributed by atoms with Gasteiger partial charge in [0.1, 0.15) is 0 Å². The molecule has 0 bridgehead atoms. The van der Waals surface area contributed by atoms with Gasteiger partial charge in [0, 0.05) is 15.3 Å². The molecular formula is C13H17IN2O3. The number of nitrogens with zero attached hydrogens (tertiary/aromatic N) is 1. The van der Waals surface area contributed by atoms with Crippen molar-refractivity contribution >= 4 is 40.2 Å². The molecule has 19 heavy (non-hydrogen) atoms. The Hall–Kier alpha value is -1.15. The van der Waals surface area contributed by atoms with Crippen molar-refractivity contribution in [2.45, 2.75) is 19.9 Å². The lowest BCUT2D eigenvalue weighted by atomic mass is 10.3. The van der Waals surface area contributed by atoms with Crippen LogP contribution in [0.2, 0.25) is 0 Å². The minimum atomic E-state index is -0.934. The fourth-order valence-corrected chi connectivity index (χ4v) is 1.87. The van der Waals surface area contributed by atoms with Crippen molar-refractivity contribution in [1.29, 1.82) is 0 Å². The average molecular weight is 376 g/mol. The Morgan fingerprint density at radius 1 is 1.26 bits per heavy atom. The molecular weight excluding hydrogens is 359 g/mol. The van der Waals surface area contributed by atoms with Gasteiger partial charge in [-0.25, -0.2) is 0 Å². The number of carboxylic acid groups (broad SMARTS) is 1. The van der Waals surface area contributed by atoms with Gasteiger partial charge in [-0.15, -0.1) is 0 Å². The highest BCUT2D eigenvalue weighted by Gasteiger charge is 2.16. The zero-order valence-electron chi connectivity index (χ0n) is 10.9. The molecule has 0 aromatic heterocycles. The average Bonchev–Trinajstić information content (AvgIpc) is 2.30. The molecule has 2 N–H and O–H groups in total. The predicted molar refractivity (Wildman–Crippen MR) is 82.1 cm³/mol. The van der Waals surface area contributed by atoms with Gasteiger partial charge in [0.05, 0.1) is 13.1 Å². The second-order valence-electron chi connectivity index (χ2n) is 4.45. The maximum Gasteiger partial charge on any atom is 0.317 e. The van der Waals surface area contributed by atoms with Crippen molar-refractivity contribution < 1.29 is 14.7 Å². The number of carboxylic acids is 1. The number of rotatable bonds is 6. The number of aliphatic carboxylic acids is 1. The quantitative estimate of drug-likeness (QED) is 0.746. The highest BCUT2D eigenvalue weighted by molar-refractivity contribution is 14.1. The summed E-state index contributed by atoms with van der Waals surface area (Å²) < 4.78 is 1.09. The van der Waals surface area contributed by atoms with E-state index in [9.17, 15) is 9.59 Å². The Labute approximate surface area is 126 Å². The second-order valence-corrected chi connectivity index (χ2v) is 5.69. The number of carbonyl (C=O) groups is 2. The van der Waals surface area contributed by atoms with Gasteiger partial charge in [-0.3, -0.25) is 14.5 Å². The first-order valence-corrected chi connectivity index (χ1v) is 6.97. The van der Waals surface area contributed by atoms with Crippen LogP contribution in [-0.4, -0.2) is 41.0 Å². The van der Waals surface area contributed by atoms with Crippen LogP contribution in [0.3, 0.4) is 0 Å². The largest absolute Gasteiger partial charge is 0.480 e. The second kappa shape index (κ2) is 7.44. The number of amides is 1. The Balaban J connectivity index is 2.57. The van der Waals surface area contributed by atoms with E-state index in [-0.39, 0.29) is 25.0 Å². The minimum absolute atomic E-state index is 0.00132. The molecule has 0 aliphatic carbocycles. The van der Waals surface area contributed by atoms with Crippen molar-refractivity contribution in [2.24, 2.45) is 0 Å². The summed E-state index contributed by atoms with van der Waals surface area (Å²) in [6.45, 7) is 3.65. The summed E-state index contributed by atoms with van der Waals surface area (Å²) in [5, 5.41) is 11.5. The molecule has 0 spiro atoms. The smallest absolute Gasteiger partial charge is 0.317 e. The molecule has 104 valence electrons. The summed E-state index contributed by atoms with van der Waals surface area (Å²) in [5.41, 5.74) is 0.712. The van der Waals surface area contributed by atoms with E-state index in [1.165, 1.54) is 0 Å². The van der Waals surface area contributed by atoms with Gasteiger partial charge in [0.25, 0.3) is 0 Å². The van der Waals surface area contributed by atoms with Crippen LogP contribution in [0, 0.1) is 3.57 Å². The molecule has 0 heterocycles. The fraction of sp³-hybridized carbons (Fsp3) is 0.385. The third-order valence-electron chi connectivity index (χ3n) is 2.54. The van der Waals surface area contributed by atoms with Crippen LogP contribution >= 0.6 is 22.6 Å². The van der Waals surface area contributed by atoms with E-state index in [2.05, 4.69) is 27.9 Å². The summed E-state index contributed by atoms with van der Waals surface area (Å²) in [6, 6.07) is 7.42. The molecule has 0 saturated heterocycles. The molecule has 0 unspecified atom stereocenters. The summed E-state index contributed by atoms with van der Waals surface area (Å²) in [5.74, 6) is -1.15. The van der Waals surface area contributed by atoms with Crippen LogP contribution in [0.5, 0.6) is 0 Å². The monoisotopic (exact) mass is 376 g/mol. The number of anilines is 1. The highest BCUT2D eigenvalue weighted by atomic mass is 127. The minimum Gasteiger partial charge on any atom is -0.480 e. The molecule has 0 atom stereocenters. The molecule has 0 saturated carbocycles. The standard InChI is InChI=1S/C13H17IN2O3/c1-9(2)16(8-13(18)19)7-12(17)15-11-5-3-10(14)4-6-11/h3-6,9H,7-8H2,1-2H3,(H,15,17)(H,18,19). The zero-order valence-corrected chi connectivity index (χ0v) is 13.0. The van der Waals surface area contributed by atoms with E-state index >= 15 is 0 Å². The predicted octanol–water partition coefficient (Wildman–Crippen LogP) is 2.02. The molecule has 1 aromatic carbocycles. The highest BCUT2D eigenvalue weighted by Crippen LogP contribution is 2.11. The van der Waals surface area contributed by atoms with Gasteiger partial charge in [0.2, 0.25) is 5.91 Å². The van der Waals surface area contributed by atoms with Gasteiger partial charge >= 0.3 is 5.97 Å². The number of carbonyl (C=O) groups excluding carboxylic acids is 1. The molecule has 0 aliphatic rings. The maximum atomic E-state index is 11.8. The van der Waals surface area contributed by atoms with E-state index in [1.807, 2.05) is 38.1 Å². The van der Waals surface area contributed by atoms with E-state index < -0.39 is 5.97 Å². The summed E-state index contributed by atoms with van der Waals surface area (Å²) in [6.07, 6.45) is 0. The topological polar surface area (TPSA) is 69.6 Å². The third-order valence-corrected chi connectivity index (χ3v) is 3.26. The van der Waals surface area contributed by atoms with E-state index in [0.717, 1.165) is 3.57 Å². The Kier molecular flexibility index (Phi) is 6.23. The van der Waals surface area contributed by atoms with Gasteiger partial charge in [-0.05, 0) is 60.7 Å². The lowest BCUT2D eigenvalue weighted by Gasteiger charge is -2.23. The van der Waals surface area contributed by atoms with Crippen molar-refractivity contribution in [1.82, 2.24) is 4.90 Å². The Morgan fingerprint density at radius 3 is 2.32 bits per heavy atom. The molecule has 6 heteroatoms. The zero-order chi connectivity index (χ0) is 14.4. The van der Waals surface area contributed by atoms with Gasteiger partial charge in [0.15, 0.2) is 0 Å². The Bertz CT molecular complexity index is 446. The van der Waals surface area contributed by atoms with Crippen molar-refractivity contribution in [3.63, 3.8) is 0 Å². The summed E-state index contributed by atoms with van der Waals surface area (Å²) in [4.78, 5) is 24.2. The van der Waals surface area contributed by atoms with Crippen LogP contribution in [0.15, 0.2) is 24.3 Å². The first-order valence-electron chi connectivity index (χ1n) is 5.89. The number of nitrogens with one attached hydrogen (secondary N) is 1. The first-order chi connectivity index (χ1) is 8.88. The first kappa shape index (κ1) is 15.9. The normalized spacial score (nSPS) is 10.8. The van der Waals surface area contributed by atoms with Crippen molar-refractivity contribution in [2.75, 3.05) is 18.4 Å². The number of hydrogen-bond donors (Lipinski definition) is 2. The molecule has 1 aromatic rings. The lowest BCUT2D eigenvalue weighted by molar-refractivity contribution is -0.139. The van der Waals surface area contributed by atoms with Gasteiger partial charge in [-0.2, -0.15) is 0 Å². The third kappa shape index (κ3) is 6.02. The summed E-state index contributed by atoms with van der Waals surface area (Å²) in [7, 11) is 0. The molecule has 0 aliphatic heterocycles. The molecule has 0 radical (unpaired) electrons. The van der Waals surface area contributed by atoms with Crippen LogP contribution in [0.4, 0.5) is 5.69 Å². The van der Waals surface area contributed by atoms with E-state index in [1.54, 1.807) is 4.90 Å². The van der Waals surface area contributed by atoms with Crippen LogP contribution < -0.4 is 5.32 Å². The van der Waals surface area contributed by atoms with Crippen molar-refractivity contribution in [3.05, 3.63) is 27.8 Å². The van der Waals surface area contributed by atoms with Gasteiger partial charge < -0.3 is 10.4 Å². The molecule has 1 rings (SSSR count). The Morgan fingerprint density at radius 2 is 1.84 bits per heavy atom. The number of hydrogen-bond acceptors (Lipinski definition) is 3. The lowest BCUT2D eigenvalue weighted by Crippen LogP contribution is -2.41. The maximum absolute atomic E-state index is 11.8.